The maximum atomic E-state index is 13.2. The van der Waals surface area contributed by atoms with Gasteiger partial charge in [-0.15, -0.1) is 0 Å². The van der Waals surface area contributed by atoms with Gasteiger partial charge in [0.05, 0.1) is 6.54 Å². The number of rotatable bonds is 2. The fraction of sp³-hybridized carbons (Fsp3) is 0.0588. The molecule has 0 radical (unpaired) electrons. The predicted molar refractivity (Wildman–Crippen MR) is 86.4 cm³/mol. The van der Waals surface area contributed by atoms with Crippen molar-refractivity contribution in [3.63, 3.8) is 0 Å². The van der Waals surface area contributed by atoms with Crippen molar-refractivity contribution in [2.24, 2.45) is 0 Å². The van der Waals surface area contributed by atoms with Crippen molar-refractivity contribution in [1.82, 2.24) is 4.57 Å². The van der Waals surface area contributed by atoms with Gasteiger partial charge in [0.25, 0.3) is 5.56 Å². The Bertz CT molecular complexity index is 931. The highest BCUT2D eigenvalue weighted by atomic mass is 79.9. The molecule has 0 amide bonds. The maximum absolute atomic E-state index is 13.2. The largest absolute Gasteiger partial charge is 0.373 e. The lowest BCUT2D eigenvalue weighted by molar-refractivity contribution is -0.191. The van der Waals surface area contributed by atoms with E-state index in [1.165, 1.54) is 12.1 Å². The highest BCUT2D eigenvalue weighted by molar-refractivity contribution is 9.10. The molecule has 0 aliphatic carbocycles. The first-order valence-corrected chi connectivity index (χ1v) is 7.37. The van der Waals surface area contributed by atoms with Gasteiger partial charge in [-0.2, -0.15) is 9.59 Å². The molecule has 3 aromatic rings. The first-order valence-electron chi connectivity index (χ1n) is 6.57. The minimum absolute atomic E-state index is 0.0701. The molecule has 1 aromatic heterocycles. The van der Waals surface area contributed by atoms with Crippen LogP contribution in [0.2, 0.25) is 0 Å². The van der Waals surface area contributed by atoms with Gasteiger partial charge in [-0.05, 0) is 47.3 Å². The van der Waals surface area contributed by atoms with E-state index in [1.807, 2.05) is 18.2 Å². The van der Waals surface area contributed by atoms with E-state index in [2.05, 4.69) is 15.9 Å². The summed E-state index contributed by atoms with van der Waals surface area (Å²) in [5.41, 5.74) is 0.697. The molecule has 0 spiro atoms. The molecule has 3 rings (SSSR count). The molecule has 0 aliphatic rings. The molecule has 2 aromatic carbocycles. The van der Waals surface area contributed by atoms with Crippen molar-refractivity contribution in [3.8, 4) is 0 Å². The van der Waals surface area contributed by atoms with E-state index in [0.717, 1.165) is 15.4 Å². The number of nitrogens with zero attached hydrogens (tertiary/aromatic N) is 1. The second-order valence-corrected chi connectivity index (χ2v) is 5.61. The number of benzene rings is 2. The quantitative estimate of drug-likeness (QED) is 0.689. The van der Waals surface area contributed by atoms with Crippen LogP contribution in [0.4, 0.5) is 4.39 Å². The Balaban J connectivity index is 0.000000595. The first-order chi connectivity index (χ1) is 11.0. The van der Waals surface area contributed by atoms with Crippen molar-refractivity contribution >= 4 is 32.9 Å². The Morgan fingerprint density at radius 2 is 1.83 bits per heavy atom. The van der Waals surface area contributed by atoms with Gasteiger partial charge < -0.3 is 4.57 Å². The Kier molecular flexibility index (Phi) is 5.57. The maximum Gasteiger partial charge on any atom is 0.373 e. The molecule has 23 heavy (non-hydrogen) atoms. The summed E-state index contributed by atoms with van der Waals surface area (Å²) in [5, 5.41) is 1.55. The summed E-state index contributed by atoms with van der Waals surface area (Å²) >= 11 is 3.39. The van der Waals surface area contributed by atoms with E-state index in [9.17, 15) is 9.18 Å². The molecule has 0 saturated carbocycles. The minimum atomic E-state index is -0.291. The molecule has 0 N–H and O–H groups in total. The molecular formula is C17H11BrFNO3. The van der Waals surface area contributed by atoms with Crippen LogP contribution in [-0.4, -0.2) is 10.7 Å². The van der Waals surface area contributed by atoms with Crippen LogP contribution in [0.25, 0.3) is 10.8 Å². The van der Waals surface area contributed by atoms with Gasteiger partial charge in [0.1, 0.15) is 5.82 Å². The fourth-order valence-corrected chi connectivity index (χ4v) is 2.59. The Morgan fingerprint density at radius 1 is 1.09 bits per heavy atom. The predicted octanol–water partition coefficient (Wildman–Crippen LogP) is 3.37. The molecule has 0 unspecified atom stereocenters. The molecule has 116 valence electrons. The van der Waals surface area contributed by atoms with E-state index in [-0.39, 0.29) is 17.5 Å². The topological polar surface area (TPSA) is 56.1 Å². The van der Waals surface area contributed by atoms with Crippen molar-refractivity contribution in [1.29, 1.82) is 0 Å². The summed E-state index contributed by atoms with van der Waals surface area (Å²) in [6.07, 6.45) is 1.99. The van der Waals surface area contributed by atoms with E-state index in [4.69, 9.17) is 9.59 Å². The summed E-state index contributed by atoms with van der Waals surface area (Å²) in [4.78, 5) is 28.6. The van der Waals surface area contributed by atoms with Gasteiger partial charge in [0.2, 0.25) is 0 Å². The van der Waals surface area contributed by atoms with Crippen LogP contribution in [0.15, 0.2) is 64.0 Å². The molecule has 4 nitrogen and oxygen atoms in total. The molecule has 0 aliphatic heterocycles. The average molecular weight is 376 g/mol. The van der Waals surface area contributed by atoms with E-state index < -0.39 is 0 Å². The monoisotopic (exact) mass is 375 g/mol. The highest BCUT2D eigenvalue weighted by Gasteiger charge is 2.04. The lowest BCUT2D eigenvalue weighted by Gasteiger charge is -2.08. The third kappa shape index (κ3) is 4.22. The fourth-order valence-electron chi connectivity index (χ4n) is 2.22. The number of aromatic nitrogens is 1. The molecule has 6 heteroatoms. The van der Waals surface area contributed by atoms with E-state index >= 15 is 0 Å². The number of pyridine rings is 1. The van der Waals surface area contributed by atoms with Crippen LogP contribution in [0.5, 0.6) is 0 Å². The number of carbonyl (C=O) groups excluding carboxylic acids is 2. The van der Waals surface area contributed by atoms with Gasteiger partial charge in [-0.3, -0.25) is 4.79 Å². The van der Waals surface area contributed by atoms with Crippen LogP contribution in [0.1, 0.15) is 5.56 Å². The van der Waals surface area contributed by atoms with Crippen molar-refractivity contribution in [2.45, 2.75) is 6.54 Å². The normalized spacial score (nSPS) is 9.83. The average Bonchev–Trinajstić information content (AvgIpc) is 2.51. The molecule has 0 saturated heterocycles. The molecule has 1 heterocycles. The van der Waals surface area contributed by atoms with Crippen LogP contribution >= 0.6 is 15.9 Å². The van der Waals surface area contributed by atoms with Crippen LogP contribution in [-0.2, 0) is 16.1 Å². The summed E-state index contributed by atoms with van der Waals surface area (Å²) in [6, 6.07) is 13.7. The molecule has 0 fully saturated rings. The van der Waals surface area contributed by atoms with Crippen molar-refractivity contribution in [3.05, 3.63) is 80.9 Å². The van der Waals surface area contributed by atoms with Crippen LogP contribution < -0.4 is 5.56 Å². The van der Waals surface area contributed by atoms with Gasteiger partial charge in [0.15, 0.2) is 0 Å². The minimum Gasteiger partial charge on any atom is -0.311 e. The van der Waals surface area contributed by atoms with E-state index in [0.29, 0.717) is 11.9 Å². The Morgan fingerprint density at radius 3 is 2.52 bits per heavy atom. The zero-order valence-corrected chi connectivity index (χ0v) is 13.4. The lowest BCUT2D eigenvalue weighted by Crippen LogP contribution is -2.20. The van der Waals surface area contributed by atoms with Crippen LogP contribution in [0.3, 0.4) is 0 Å². The highest BCUT2D eigenvalue weighted by Crippen LogP contribution is 2.17. The zero-order chi connectivity index (χ0) is 16.8. The summed E-state index contributed by atoms with van der Waals surface area (Å²) in [7, 11) is 0. The summed E-state index contributed by atoms with van der Waals surface area (Å²) in [5.74, 6) is -0.291. The second-order valence-electron chi connectivity index (χ2n) is 4.69. The van der Waals surface area contributed by atoms with Gasteiger partial charge in [-0.1, -0.05) is 28.1 Å². The lowest BCUT2D eigenvalue weighted by atomic mass is 10.1. The number of halogens is 2. The van der Waals surface area contributed by atoms with Crippen molar-refractivity contribution in [2.75, 3.05) is 0 Å². The van der Waals surface area contributed by atoms with Crippen molar-refractivity contribution < 1.29 is 14.0 Å². The number of fused-ring (bicyclic) bond motifs is 1. The summed E-state index contributed by atoms with van der Waals surface area (Å²) in [6.45, 7) is 0.364. The smallest absolute Gasteiger partial charge is 0.311 e. The summed E-state index contributed by atoms with van der Waals surface area (Å²) < 4.78 is 15.7. The Hall–Kier alpha value is -2.56. The third-order valence-corrected chi connectivity index (χ3v) is 3.67. The van der Waals surface area contributed by atoms with Crippen LogP contribution in [0, 0.1) is 5.82 Å². The number of hydrogen-bond donors (Lipinski definition) is 0. The number of hydrogen-bond acceptors (Lipinski definition) is 3. The van der Waals surface area contributed by atoms with Gasteiger partial charge in [0, 0.05) is 16.1 Å². The molecular weight excluding hydrogens is 365 g/mol. The second kappa shape index (κ2) is 7.63. The Labute approximate surface area is 139 Å². The zero-order valence-electron chi connectivity index (χ0n) is 11.8. The SMILES string of the molecule is O=C=O.O=c1c2ccc(Br)cc2ccn1Cc1cccc(F)c1. The van der Waals surface area contributed by atoms with Gasteiger partial charge >= 0.3 is 6.15 Å². The van der Waals surface area contributed by atoms with Gasteiger partial charge in [-0.25, -0.2) is 4.39 Å². The van der Waals surface area contributed by atoms with E-state index in [1.54, 1.807) is 29.0 Å². The third-order valence-electron chi connectivity index (χ3n) is 3.18. The first kappa shape index (κ1) is 16.8. The molecule has 0 bridgehead atoms. The standard InChI is InChI=1S/C16H11BrFNO.CO2/c17-13-4-5-15-12(9-13)6-7-19(16(15)20)10-11-2-1-3-14(18)8-11;2-1-3/h1-9H,10H2;. The molecule has 0 atom stereocenters.